The Hall–Kier alpha value is -3.34. The third-order valence-electron chi connectivity index (χ3n) is 5.88. The van der Waals surface area contributed by atoms with E-state index in [4.69, 9.17) is 14.2 Å². The summed E-state index contributed by atoms with van der Waals surface area (Å²) in [7, 11) is 1.65. The van der Waals surface area contributed by atoms with Gasteiger partial charge < -0.3 is 14.2 Å². The van der Waals surface area contributed by atoms with Gasteiger partial charge in [-0.2, -0.15) is 0 Å². The maximum absolute atomic E-state index is 12.8. The molecule has 0 aliphatic carbocycles. The molecule has 30 heavy (non-hydrogen) atoms. The number of esters is 1. The minimum atomic E-state index is -0.618. The van der Waals surface area contributed by atoms with Crippen LogP contribution in [0.4, 0.5) is 0 Å². The van der Waals surface area contributed by atoms with Crippen LogP contribution in [0.3, 0.4) is 0 Å². The zero-order chi connectivity index (χ0) is 21.0. The fourth-order valence-electron chi connectivity index (χ4n) is 4.60. The molecule has 0 radical (unpaired) electrons. The second kappa shape index (κ2) is 6.59. The molecule has 0 fully saturated rings. The first kappa shape index (κ1) is 18.7. The van der Waals surface area contributed by atoms with Gasteiger partial charge in [-0.15, -0.1) is 0 Å². The van der Waals surface area contributed by atoms with Gasteiger partial charge in [0.2, 0.25) is 0 Å². The summed E-state index contributed by atoms with van der Waals surface area (Å²) in [5.74, 6) is 1.23. The summed E-state index contributed by atoms with van der Waals surface area (Å²) in [6, 6.07) is 15.3. The van der Waals surface area contributed by atoms with Crippen LogP contribution in [0.15, 0.2) is 48.5 Å². The minimum Gasteiger partial charge on any atom is -0.496 e. The predicted octanol–water partition coefficient (Wildman–Crippen LogP) is 5.03. The highest BCUT2D eigenvalue weighted by molar-refractivity contribution is 6.02. The summed E-state index contributed by atoms with van der Waals surface area (Å²) >= 11 is 0. The van der Waals surface area contributed by atoms with Gasteiger partial charge in [0.05, 0.1) is 25.5 Å². The van der Waals surface area contributed by atoms with Gasteiger partial charge in [0.1, 0.15) is 22.8 Å². The fraction of sp³-hybridized carbons (Fsp3) is 0.280. The number of hydrogen-bond donors (Lipinski definition) is 0. The van der Waals surface area contributed by atoms with Gasteiger partial charge in [-0.05, 0) is 43.0 Å². The predicted molar refractivity (Wildman–Crippen MR) is 113 cm³/mol. The van der Waals surface area contributed by atoms with Gasteiger partial charge in [-0.1, -0.05) is 30.3 Å². The highest BCUT2D eigenvalue weighted by Gasteiger charge is 2.40. The van der Waals surface area contributed by atoms with Crippen LogP contribution in [0.5, 0.6) is 17.2 Å². The van der Waals surface area contributed by atoms with Crippen molar-refractivity contribution in [2.75, 3.05) is 7.11 Å². The third kappa shape index (κ3) is 2.84. The molecule has 2 aliphatic rings. The van der Waals surface area contributed by atoms with Crippen molar-refractivity contribution >= 4 is 22.5 Å². The molecule has 0 amide bonds. The molecular formula is C25H22O5. The molecule has 5 nitrogen and oxygen atoms in total. The summed E-state index contributed by atoms with van der Waals surface area (Å²) in [5, 5.41) is 1.97. The van der Waals surface area contributed by atoms with Crippen molar-refractivity contribution in [3.05, 3.63) is 65.2 Å². The Morgan fingerprint density at radius 2 is 1.77 bits per heavy atom. The van der Waals surface area contributed by atoms with Crippen LogP contribution in [0.25, 0.3) is 10.8 Å². The lowest BCUT2D eigenvalue weighted by molar-refractivity contribution is -0.135. The van der Waals surface area contributed by atoms with Crippen LogP contribution in [0.2, 0.25) is 0 Å². The fourth-order valence-corrected chi connectivity index (χ4v) is 4.60. The summed E-state index contributed by atoms with van der Waals surface area (Å²) < 4.78 is 17.4. The highest BCUT2D eigenvalue weighted by Crippen LogP contribution is 2.50. The Morgan fingerprint density at radius 1 is 1.00 bits per heavy atom. The van der Waals surface area contributed by atoms with E-state index in [9.17, 15) is 9.59 Å². The smallest absolute Gasteiger partial charge is 0.312 e. The van der Waals surface area contributed by atoms with Crippen molar-refractivity contribution < 1.29 is 23.8 Å². The number of carbonyl (C=O) groups excluding carboxylic acids is 2. The second-order valence-electron chi connectivity index (χ2n) is 8.45. The average molecular weight is 402 g/mol. The first-order valence-electron chi connectivity index (χ1n) is 10.0. The molecule has 3 aromatic rings. The first-order valence-corrected chi connectivity index (χ1v) is 10.0. The van der Waals surface area contributed by atoms with E-state index >= 15 is 0 Å². The maximum Gasteiger partial charge on any atom is 0.312 e. The largest absolute Gasteiger partial charge is 0.496 e. The maximum atomic E-state index is 12.8. The standard InChI is InChI=1S/C25H22O5/c1-25(2)13-19(26)17-9-11-21-23(24(17)30-25)18(12-22(27)29-21)15-8-10-20(28-3)16-7-5-4-6-14(15)16/h4-11,18H,12-13H2,1-3H3/t18-/m0/s1. The minimum absolute atomic E-state index is 0.0410. The van der Waals surface area contributed by atoms with E-state index in [1.807, 2.05) is 50.2 Å². The van der Waals surface area contributed by atoms with E-state index in [-0.39, 0.29) is 24.1 Å². The van der Waals surface area contributed by atoms with E-state index < -0.39 is 5.60 Å². The van der Waals surface area contributed by atoms with Gasteiger partial charge in [0.15, 0.2) is 5.78 Å². The molecule has 0 bridgehead atoms. The molecule has 2 heterocycles. The topological polar surface area (TPSA) is 61.8 Å². The summed E-state index contributed by atoms with van der Waals surface area (Å²) in [6.45, 7) is 3.81. The van der Waals surface area contributed by atoms with Gasteiger partial charge in [0.25, 0.3) is 0 Å². The SMILES string of the molecule is COc1ccc([C@@H]2CC(=O)Oc3ccc4c(c32)OC(C)(C)CC4=O)c2ccccc12. The quantitative estimate of drug-likeness (QED) is 0.444. The molecule has 0 spiro atoms. The molecule has 0 N–H and O–H groups in total. The average Bonchev–Trinajstić information content (AvgIpc) is 2.71. The molecule has 1 atom stereocenters. The molecular weight excluding hydrogens is 380 g/mol. The summed E-state index contributed by atoms with van der Waals surface area (Å²) in [5.41, 5.74) is 1.68. The Bertz CT molecular complexity index is 1210. The molecule has 0 saturated heterocycles. The van der Waals surface area contributed by atoms with Crippen LogP contribution >= 0.6 is 0 Å². The summed E-state index contributed by atoms with van der Waals surface area (Å²) in [6.07, 6.45) is 0.493. The lowest BCUT2D eigenvalue weighted by Crippen LogP contribution is -2.37. The second-order valence-corrected chi connectivity index (χ2v) is 8.45. The van der Waals surface area contributed by atoms with E-state index in [1.165, 1.54) is 0 Å². The summed E-state index contributed by atoms with van der Waals surface area (Å²) in [4.78, 5) is 25.3. The third-order valence-corrected chi connectivity index (χ3v) is 5.88. The Morgan fingerprint density at radius 3 is 2.53 bits per heavy atom. The normalized spacial score (nSPS) is 19.5. The Labute approximate surface area is 174 Å². The molecule has 0 unspecified atom stereocenters. The monoisotopic (exact) mass is 402 g/mol. The molecule has 0 aromatic heterocycles. The lowest BCUT2D eigenvalue weighted by atomic mass is 9.80. The van der Waals surface area contributed by atoms with Crippen molar-refractivity contribution in [2.24, 2.45) is 0 Å². The number of ether oxygens (including phenoxy) is 3. The van der Waals surface area contributed by atoms with Crippen LogP contribution < -0.4 is 14.2 Å². The van der Waals surface area contributed by atoms with Crippen molar-refractivity contribution in [1.29, 1.82) is 0 Å². The van der Waals surface area contributed by atoms with Crippen LogP contribution in [0.1, 0.15) is 54.1 Å². The Kier molecular flexibility index (Phi) is 4.10. The number of carbonyl (C=O) groups is 2. The van der Waals surface area contributed by atoms with E-state index in [1.54, 1.807) is 19.2 Å². The van der Waals surface area contributed by atoms with Crippen LogP contribution in [0, 0.1) is 0 Å². The van der Waals surface area contributed by atoms with Crippen LogP contribution in [-0.2, 0) is 4.79 Å². The van der Waals surface area contributed by atoms with Gasteiger partial charge >= 0.3 is 5.97 Å². The molecule has 2 aliphatic heterocycles. The molecule has 5 rings (SSSR count). The highest BCUT2D eigenvalue weighted by atomic mass is 16.5. The van der Waals surface area contributed by atoms with Crippen LogP contribution in [-0.4, -0.2) is 24.5 Å². The number of rotatable bonds is 2. The van der Waals surface area contributed by atoms with Gasteiger partial charge in [-0.25, -0.2) is 0 Å². The zero-order valence-corrected chi connectivity index (χ0v) is 17.2. The van der Waals surface area contributed by atoms with E-state index in [0.29, 0.717) is 23.5 Å². The van der Waals surface area contributed by atoms with E-state index in [0.717, 1.165) is 27.6 Å². The molecule has 3 aromatic carbocycles. The van der Waals surface area contributed by atoms with Gasteiger partial charge in [-0.3, -0.25) is 9.59 Å². The molecule has 5 heteroatoms. The molecule has 0 saturated carbocycles. The number of methoxy groups -OCH3 is 1. The van der Waals surface area contributed by atoms with Gasteiger partial charge in [0, 0.05) is 16.9 Å². The van der Waals surface area contributed by atoms with Crippen molar-refractivity contribution in [3.8, 4) is 17.2 Å². The number of Topliss-reactive ketones (excluding diaryl/α,β-unsaturated/α-hetero) is 1. The number of hydrogen-bond acceptors (Lipinski definition) is 5. The number of ketones is 1. The van der Waals surface area contributed by atoms with Crippen molar-refractivity contribution in [1.82, 2.24) is 0 Å². The van der Waals surface area contributed by atoms with Crippen molar-refractivity contribution in [2.45, 2.75) is 38.2 Å². The molecule has 152 valence electrons. The lowest BCUT2D eigenvalue weighted by Gasteiger charge is -2.36. The number of fused-ring (bicyclic) bond motifs is 4. The zero-order valence-electron chi connectivity index (χ0n) is 17.2. The van der Waals surface area contributed by atoms with E-state index in [2.05, 4.69) is 0 Å². The number of benzene rings is 3. The Balaban J connectivity index is 1.78. The van der Waals surface area contributed by atoms with Crippen molar-refractivity contribution in [3.63, 3.8) is 0 Å². The first-order chi connectivity index (χ1) is 14.4.